The van der Waals surface area contributed by atoms with Gasteiger partial charge in [-0.3, -0.25) is 4.98 Å². The molecule has 0 unspecified atom stereocenters. The average molecular weight is 665 g/mol. The predicted molar refractivity (Wildman–Crippen MR) is 145 cm³/mol. The second-order valence-corrected chi connectivity index (χ2v) is 10.1. The number of hydrogen-bond acceptors (Lipinski definition) is 4. The molecule has 6 rings (SSSR count). The van der Waals surface area contributed by atoms with Crippen LogP contribution in [0.5, 0.6) is 5.75 Å². The third kappa shape index (κ3) is 4.70. The van der Waals surface area contributed by atoms with Crippen molar-refractivity contribution in [1.82, 2.24) is 9.97 Å². The van der Waals surface area contributed by atoms with Crippen LogP contribution in [-0.2, 0) is 26.5 Å². The van der Waals surface area contributed by atoms with Gasteiger partial charge in [-0.2, -0.15) is 0 Å². The SMILES string of the molecule is CC(C)(C)c1cc(-c2cc3ccccc3cn2)[c-]c(-c2cccc3oc(-c4ccccc4O)nc23)c1.[Pt]. The van der Waals surface area contributed by atoms with Gasteiger partial charge < -0.3 is 9.52 Å². The average Bonchev–Trinajstić information content (AvgIpc) is 3.32. The fourth-order valence-electron chi connectivity index (χ4n) is 4.45. The molecule has 2 heterocycles. The normalized spacial score (nSPS) is 11.5. The summed E-state index contributed by atoms with van der Waals surface area (Å²) >= 11 is 0. The molecule has 0 saturated heterocycles. The van der Waals surface area contributed by atoms with E-state index in [1.807, 2.05) is 42.6 Å². The molecule has 4 aromatic carbocycles. The Balaban J connectivity index is 0.00000280. The topological polar surface area (TPSA) is 59.2 Å². The Morgan fingerprint density at radius 3 is 2.27 bits per heavy atom. The van der Waals surface area contributed by atoms with Gasteiger partial charge in [0, 0.05) is 33.0 Å². The number of oxazole rings is 1. The Kier molecular flexibility index (Phi) is 6.47. The molecule has 1 N–H and O–H groups in total. The Morgan fingerprint density at radius 2 is 1.49 bits per heavy atom. The van der Waals surface area contributed by atoms with Crippen molar-refractivity contribution in [3.8, 4) is 39.6 Å². The summed E-state index contributed by atoms with van der Waals surface area (Å²) in [5, 5.41) is 12.6. The molecule has 0 bridgehead atoms. The number of fused-ring (bicyclic) bond motifs is 2. The van der Waals surface area contributed by atoms with Crippen molar-refractivity contribution in [2.75, 3.05) is 0 Å². The maximum Gasteiger partial charge on any atom is 0.230 e. The van der Waals surface area contributed by atoms with E-state index in [-0.39, 0.29) is 32.2 Å². The van der Waals surface area contributed by atoms with Gasteiger partial charge >= 0.3 is 0 Å². The van der Waals surface area contributed by atoms with Crippen molar-refractivity contribution in [3.05, 3.63) is 103 Å². The van der Waals surface area contributed by atoms with E-state index < -0.39 is 0 Å². The molecule has 5 heteroatoms. The van der Waals surface area contributed by atoms with Crippen molar-refractivity contribution in [1.29, 1.82) is 0 Å². The Morgan fingerprint density at radius 1 is 0.784 bits per heavy atom. The van der Waals surface area contributed by atoms with Crippen LogP contribution in [0.3, 0.4) is 0 Å². The van der Waals surface area contributed by atoms with Crippen molar-refractivity contribution in [2.24, 2.45) is 0 Å². The summed E-state index contributed by atoms with van der Waals surface area (Å²) < 4.78 is 6.06. The zero-order valence-electron chi connectivity index (χ0n) is 20.7. The first-order chi connectivity index (χ1) is 17.4. The van der Waals surface area contributed by atoms with E-state index in [0.29, 0.717) is 17.0 Å². The minimum Gasteiger partial charge on any atom is -0.507 e. The molecule has 6 aromatic rings. The summed E-state index contributed by atoms with van der Waals surface area (Å²) in [6.45, 7) is 6.62. The molecule has 37 heavy (non-hydrogen) atoms. The summed E-state index contributed by atoms with van der Waals surface area (Å²) in [5.41, 5.74) is 6.72. The van der Waals surface area contributed by atoms with Gasteiger partial charge in [0.1, 0.15) is 11.3 Å². The number of phenolic OH excluding ortho intramolecular Hbond substituents is 1. The number of benzene rings is 4. The number of pyridine rings is 1. The van der Waals surface area contributed by atoms with E-state index in [1.54, 1.807) is 18.2 Å². The van der Waals surface area contributed by atoms with Gasteiger partial charge in [0.2, 0.25) is 5.89 Å². The maximum absolute atomic E-state index is 10.3. The molecule has 0 aliphatic carbocycles. The van der Waals surface area contributed by atoms with Gasteiger partial charge in [-0.1, -0.05) is 86.5 Å². The predicted octanol–water partition coefficient (Wildman–Crippen LogP) is 8.18. The monoisotopic (exact) mass is 664 g/mol. The molecule has 2 aromatic heterocycles. The molecular formula is C32H25N2O2Pt-. The van der Waals surface area contributed by atoms with Crippen LogP contribution in [-0.4, -0.2) is 15.1 Å². The van der Waals surface area contributed by atoms with Gasteiger partial charge in [-0.15, -0.1) is 29.3 Å². The Bertz CT molecular complexity index is 1750. The van der Waals surface area contributed by atoms with Crippen LogP contribution >= 0.6 is 0 Å². The molecule has 0 atom stereocenters. The van der Waals surface area contributed by atoms with Crippen molar-refractivity contribution in [3.63, 3.8) is 0 Å². The van der Waals surface area contributed by atoms with Gasteiger partial charge in [0.25, 0.3) is 0 Å². The van der Waals surface area contributed by atoms with Crippen LogP contribution in [0.15, 0.2) is 95.5 Å². The molecule has 186 valence electrons. The fraction of sp³-hybridized carbons (Fsp3) is 0.125. The van der Waals surface area contributed by atoms with Gasteiger partial charge in [0.05, 0.1) is 11.1 Å². The van der Waals surface area contributed by atoms with Crippen molar-refractivity contribution >= 4 is 21.9 Å². The first kappa shape index (κ1) is 24.9. The van der Waals surface area contributed by atoms with Crippen LogP contribution in [0, 0.1) is 6.07 Å². The maximum atomic E-state index is 10.3. The minimum atomic E-state index is -0.0752. The standard InChI is InChI=1S/C32H25N2O2.Pt/c1-32(2,3)24-16-22(15-23(17-24)27-18-20-9-4-5-10-21(20)19-33-27)25-12-8-14-29-30(25)34-31(36-29)26-11-6-7-13-28(26)35;/h4-14,16-19,35H,1-3H3;/q-1;. The fourth-order valence-corrected chi connectivity index (χ4v) is 4.45. The summed E-state index contributed by atoms with van der Waals surface area (Å²) in [6, 6.07) is 31.3. The molecule has 0 amide bonds. The van der Waals surface area contributed by atoms with Crippen LogP contribution in [0.4, 0.5) is 0 Å². The third-order valence-electron chi connectivity index (χ3n) is 6.49. The molecule has 0 spiro atoms. The van der Waals surface area contributed by atoms with Crippen LogP contribution in [0.2, 0.25) is 0 Å². The van der Waals surface area contributed by atoms with Gasteiger partial charge in [-0.25, -0.2) is 4.98 Å². The zero-order chi connectivity index (χ0) is 24.9. The molecule has 4 nitrogen and oxygen atoms in total. The molecule has 0 aliphatic rings. The number of rotatable bonds is 3. The number of phenols is 1. The molecular weight excluding hydrogens is 639 g/mol. The summed E-state index contributed by atoms with van der Waals surface area (Å²) in [5.74, 6) is 0.524. The van der Waals surface area contributed by atoms with Crippen LogP contribution in [0.25, 0.3) is 55.7 Å². The molecule has 0 saturated carbocycles. The van der Waals surface area contributed by atoms with Crippen molar-refractivity contribution in [2.45, 2.75) is 26.2 Å². The Labute approximate surface area is 230 Å². The van der Waals surface area contributed by atoms with Crippen LogP contribution < -0.4 is 0 Å². The zero-order valence-corrected chi connectivity index (χ0v) is 23.0. The van der Waals surface area contributed by atoms with E-state index in [9.17, 15) is 5.11 Å². The first-order valence-electron chi connectivity index (χ1n) is 12.0. The van der Waals surface area contributed by atoms with E-state index >= 15 is 0 Å². The molecule has 0 radical (unpaired) electrons. The van der Waals surface area contributed by atoms with Gasteiger partial charge in [-0.05, 0) is 34.4 Å². The summed E-state index contributed by atoms with van der Waals surface area (Å²) in [6.07, 6.45) is 1.92. The number of hydrogen-bond donors (Lipinski definition) is 1. The second-order valence-electron chi connectivity index (χ2n) is 10.1. The third-order valence-corrected chi connectivity index (χ3v) is 6.49. The van der Waals surface area contributed by atoms with Crippen LogP contribution in [0.1, 0.15) is 26.3 Å². The second kappa shape index (κ2) is 9.61. The largest absolute Gasteiger partial charge is 0.507 e. The summed E-state index contributed by atoms with van der Waals surface area (Å²) in [4.78, 5) is 9.55. The number of aromatic nitrogens is 2. The van der Waals surface area contributed by atoms with E-state index in [4.69, 9.17) is 14.4 Å². The Hall–Kier alpha value is -3.75. The molecule has 0 fully saturated rings. The quantitative estimate of drug-likeness (QED) is 0.194. The number of para-hydroxylation sites is 2. The van der Waals surface area contributed by atoms with E-state index in [0.717, 1.165) is 38.7 Å². The smallest absolute Gasteiger partial charge is 0.230 e. The van der Waals surface area contributed by atoms with E-state index in [2.05, 4.69) is 57.2 Å². The minimum absolute atomic E-state index is 0. The first-order valence-corrected chi connectivity index (χ1v) is 12.0. The van der Waals surface area contributed by atoms with E-state index in [1.165, 1.54) is 5.56 Å². The number of aromatic hydroxyl groups is 1. The summed E-state index contributed by atoms with van der Waals surface area (Å²) in [7, 11) is 0. The van der Waals surface area contributed by atoms with Gasteiger partial charge in [0.15, 0.2) is 0 Å². The number of nitrogens with zero attached hydrogens (tertiary/aromatic N) is 2. The molecule has 0 aliphatic heterocycles. The van der Waals surface area contributed by atoms with Crippen molar-refractivity contribution < 1.29 is 30.6 Å².